The van der Waals surface area contributed by atoms with Gasteiger partial charge >= 0.3 is 5.97 Å². The van der Waals surface area contributed by atoms with Crippen molar-refractivity contribution in [2.24, 2.45) is 7.05 Å². The van der Waals surface area contributed by atoms with Crippen LogP contribution in [0.5, 0.6) is 0 Å². The first-order valence-corrected chi connectivity index (χ1v) is 6.69. The Morgan fingerprint density at radius 2 is 2.04 bits per heavy atom. The van der Waals surface area contributed by atoms with Gasteiger partial charge in [0.2, 0.25) is 11.9 Å². The van der Waals surface area contributed by atoms with Crippen LogP contribution in [-0.4, -0.2) is 61.5 Å². The van der Waals surface area contributed by atoms with Crippen molar-refractivity contribution >= 4 is 12.1 Å². The average Bonchev–Trinajstić information content (AvgIpc) is 3.05. The van der Waals surface area contributed by atoms with E-state index in [1.165, 1.54) is 5.82 Å². The van der Waals surface area contributed by atoms with Gasteiger partial charge in [0.15, 0.2) is 11.9 Å². The number of aryl methyl sites for hydroxylation is 2. The van der Waals surface area contributed by atoms with Crippen molar-refractivity contribution in [3.8, 4) is 0 Å². The van der Waals surface area contributed by atoms with Crippen molar-refractivity contribution in [3.63, 3.8) is 0 Å². The van der Waals surface area contributed by atoms with Crippen molar-refractivity contribution in [2.45, 2.75) is 25.6 Å². The minimum Gasteiger partial charge on any atom is -0.565 e. The Kier molecular flexibility index (Phi) is 8.90. The van der Waals surface area contributed by atoms with Crippen LogP contribution in [0.1, 0.15) is 12.7 Å². The summed E-state index contributed by atoms with van der Waals surface area (Å²) in [4.78, 5) is 22.1. The Morgan fingerprint density at radius 1 is 1.50 bits per heavy atom. The maximum absolute atomic E-state index is 10.5. The largest absolute Gasteiger partial charge is 0.565 e. The van der Waals surface area contributed by atoms with Gasteiger partial charge in [-0.1, -0.05) is 6.92 Å². The number of imidazole rings is 1. The molecule has 1 aliphatic rings. The Morgan fingerprint density at radius 3 is 2.29 bits per heavy atom. The lowest BCUT2D eigenvalue weighted by Gasteiger charge is -2.13. The standard InChI is InChI=1S/C6H10N2.C6H8O6.CH2O3/c1-3-6-7-4-5-8(6)2;7-1-2(8)5-3(9)4(10)6(11)12-5;2-1(3)4/h4-5H,3H2,1-2H3;2,5,7-10H,1H2;(H2,2,3,4)/t;2-,5+;/m.0./s1. The molecule has 0 fully saturated rings. The third kappa shape index (κ3) is 6.54. The van der Waals surface area contributed by atoms with Crippen LogP contribution < -0.4 is 9.67 Å². The zero-order valence-corrected chi connectivity index (χ0v) is 13.0. The van der Waals surface area contributed by atoms with Gasteiger partial charge in [0.05, 0.1) is 13.7 Å². The van der Waals surface area contributed by atoms with E-state index in [0.717, 1.165) is 6.42 Å². The molecule has 11 heteroatoms. The Bertz CT molecular complexity index is 578. The third-order valence-electron chi connectivity index (χ3n) is 2.78. The summed E-state index contributed by atoms with van der Waals surface area (Å²) in [6.45, 7) is 1.46. The maximum Gasteiger partial charge on any atom is 0.377 e. The van der Waals surface area contributed by atoms with Gasteiger partial charge in [-0.05, 0) is 0 Å². The van der Waals surface area contributed by atoms with Gasteiger partial charge in [-0.25, -0.2) is 14.3 Å². The maximum atomic E-state index is 10.5. The van der Waals surface area contributed by atoms with Gasteiger partial charge in [-0.2, -0.15) is 0 Å². The van der Waals surface area contributed by atoms with E-state index >= 15 is 0 Å². The summed E-state index contributed by atoms with van der Waals surface area (Å²) < 4.78 is 6.40. The molecule has 2 heterocycles. The minimum absolute atomic E-state index is 0.671. The zero-order chi connectivity index (χ0) is 18.9. The van der Waals surface area contributed by atoms with E-state index in [1.807, 2.05) is 19.4 Å². The molecule has 1 aromatic heterocycles. The van der Waals surface area contributed by atoms with Gasteiger partial charge in [-0.15, -0.1) is 0 Å². The number of carboxylic acid groups (broad SMARTS) is 2. The lowest BCUT2D eigenvalue weighted by atomic mass is 10.2. The normalized spacial score (nSPS) is 17.2. The number of carbonyl (C=O) groups is 2. The van der Waals surface area contributed by atoms with Crippen LogP contribution in [0.25, 0.3) is 0 Å². The minimum atomic E-state index is -2.08. The van der Waals surface area contributed by atoms with E-state index in [-0.39, 0.29) is 0 Å². The number of carbonyl (C=O) groups excluding carboxylic acids is 1. The topological polar surface area (TPSA) is 187 Å². The molecule has 0 saturated carbocycles. The van der Waals surface area contributed by atoms with Gasteiger partial charge in [0.1, 0.15) is 18.5 Å². The van der Waals surface area contributed by atoms with E-state index in [2.05, 4.69) is 21.2 Å². The molecule has 0 spiro atoms. The third-order valence-corrected chi connectivity index (χ3v) is 2.78. The second-order valence-corrected chi connectivity index (χ2v) is 4.45. The number of aromatic nitrogens is 2. The highest BCUT2D eigenvalue weighted by Crippen LogP contribution is 2.20. The molecule has 24 heavy (non-hydrogen) atoms. The number of rotatable bonds is 3. The smallest absolute Gasteiger partial charge is 0.377 e. The number of hydrogen-bond donors (Lipinski definition) is 6. The summed E-state index contributed by atoms with van der Waals surface area (Å²) in [5.74, 6) is -1.51. The monoisotopic (exact) mass is 348 g/mol. The number of hydrogen-bond acceptors (Lipinski definition) is 8. The highest BCUT2D eigenvalue weighted by molar-refractivity contribution is 5.89. The van der Waals surface area contributed by atoms with E-state index in [9.17, 15) is 4.79 Å². The SMILES string of the molecule is CCc1[nH]cc[n+]1C.O=C([O-])O.O=C1O[C@H]([C@@H](O)CO)C(O)=C1O. The first-order valence-electron chi connectivity index (χ1n) is 6.69. The first kappa shape index (κ1) is 21.2. The fraction of sp³-hybridized carbons (Fsp3) is 0.462. The van der Waals surface area contributed by atoms with Crippen molar-refractivity contribution in [3.05, 3.63) is 29.7 Å². The van der Waals surface area contributed by atoms with E-state index in [1.54, 1.807) is 0 Å². The predicted molar refractivity (Wildman–Crippen MR) is 74.6 cm³/mol. The molecule has 0 aliphatic carbocycles. The number of nitrogens with zero attached hydrogens (tertiary/aromatic N) is 1. The molecule has 0 bridgehead atoms. The summed E-state index contributed by atoms with van der Waals surface area (Å²) in [7, 11) is 2.04. The molecular weight excluding hydrogens is 328 g/mol. The molecule has 0 radical (unpaired) electrons. The number of esters is 1. The Hall–Kier alpha value is -2.79. The summed E-state index contributed by atoms with van der Waals surface area (Å²) >= 11 is 0. The fourth-order valence-corrected chi connectivity index (χ4v) is 1.61. The molecule has 1 aromatic rings. The van der Waals surface area contributed by atoms with Gasteiger partial charge in [0.25, 0.3) is 5.82 Å². The molecule has 11 nitrogen and oxygen atoms in total. The molecule has 2 rings (SSSR count). The van der Waals surface area contributed by atoms with Crippen LogP contribution in [-0.2, 0) is 23.0 Å². The number of cyclic esters (lactones) is 1. The Labute approximate surface area is 136 Å². The molecule has 0 amide bonds. The van der Waals surface area contributed by atoms with E-state index in [4.69, 9.17) is 35.4 Å². The van der Waals surface area contributed by atoms with Crippen LogP contribution in [0.4, 0.5) is 4.79 Å². The fourth-order valence-electron chi connectivity index (χ4n) is 1.61. The lowest BCUT2D eigenvalue weighted by Crippen LogP contribution is -2.31. The highest BCUT2D eigenvalue weighted by atomic mass is 16.6. The van der Waals surface area contributed by atoms with Crippen molar-refractivity contribution in [2.75, 3.05) is 6.61 Å². The van der Waals surface area contributed by atoms with E-state index in [0.29, 0.717) is 0 Å². The van der Waals surface area contributed by atoms with Gasteiger partial charge in [-0.3, -0.25) is 0 Å². The highest BCUT2D eigenvalue weighted by Gasteiger charge is 2.38. The number of aliphatic hydroxyl groups is 4. The number of aliphatic hydroxyl groups excluding tert-OH is 4. The molecular formula is C13H20N2O9. The molecule has 0 aromatic carbocycles. The predicted octanol–water partition coefficient (Wildman–Crippen LogP) is -2.12. The molecule has 2 atom stereocenters. The van der Waals surface area contributed by atoms with Crippen LogP contribution in [0.15, 0.2) is 23.9 Å². The van der Waals surface area contributed by atoms with Gasteiger partial charge in [0, 0.05) is 6.42 Å². The number of nitrogens with one attached hydrogen (secondary N) is 1. The van der Waals surface area contributed by atoms with Gasteiger partial charge < -0.3 is 40.2 Å². The van der Waals surface area contributed by atoms with Crippen molar-refractivity contribution in [1.29, 1.82) is 0 Å². The molecule has 1 aliphatic heterocycles. The summed E-state index contributed by atoms with van der Waals surface area (Å²) in [6, 6.07) is 0. The first-order chi connectivity index (χ1) is 11.1. The molecule has 136 valence electrons. The van der Waals surface area contributed by atoms with Crippen LogP contribution in [0.2, 0.25) is 0 Å². The quantitative estimate of drug-likeness (QED) is 0.262. The summed E-state index contributed by atoms with van der Waals surface area (Å²) in [5, 5.41) is 50.4. The zero-order valence-electron chi connectivity index (χ0n) is 13.0. The van der Waals surface area contributed by atoms with Crippen LogP contribution in [0.3, 0.4) is 0 Å². The van der Waals surface area contributed by atoms with Crippen molar-refractivity contribution in [1.82, 2.24) is 4.98 Å². The molecule has 6 N–H and O–H groups in total. The number of aromatic amines is 1. The molecule has 0 saturated heterocycles. The number of H-pyrrole nitrogens is 1. The second kappa shape index (κ2) is 10.1. The lowest BCUT2D eigenvalue weighted by molar-refractivity contribution is -0.677. The van der Waals surface area contributed by atoms with Crippen molar-refractivity contribution < 1.29 is 49.5 Å². The van der Waals surface area contributed by atoms with Crippen LogP contribution >= 0.6 is 0 Å². The second-order valence-electron chi connectivity index (χ2n) is 4.45. The van der Waals surface area contributed by atoms with E-state index < -0.39 is 42.5 Å². The van der Waals surface area contributed by atoms with Crippen LogP contribution in [0, 0.1) is 0 Å². The summed E-state index contributed by atoms with van der Waals surface area (Å²) in [6.07, 6.45) is 0.169. The Balaban J connectivity index is 0.000000379. The summed E-state index contributed by atoms with van der Waals surface area (Å²) in [5.41, 5.74) is 0. The molecule has 0 unspecified atom stereocenters. The average molecular weight is 348 g/mol. The number of ether oxygens (including phenoxy) is 1.